The van der Waals surface area contributed by atoms with E-state index in [0.717, 1.165) is 13.1 Å². The van der Waals surface area contributed by atoms with Gasteiger partial charge in [-0.2, -0.15) is 0 Å². The lowest BCUT2D eigenvalue weighted by molar-refractivity contribution is 0.291. The van der Waals surface area contributed by atoms with Crippen LogP contribution < -0.4 is 10.2 Å². The van der Waals surface area contributed by atoms with Crippen molar-refractivity contribution in [2.75, 3.05) is 51.2 Å². The van der Waals surface area contributed by atoms with E-state index in [1.165, 1.54) is 51.1 Å². The molecule has 0 bridgehead atoms. The number of para-hydroxylation sites is 1. The fourth-order valence-corrected chi connectivity index (χ4v) is 2.57. The van der Waals surface area contributed by atoms with Crippen LogP contribution in [0.2, 0.25) is 0 Å². The normalized spacial score (nSPS) is 20.6. The van der Waals surface area contributed by atoms with Crippen LogP contribution in [0.3, 0.4) is 0 Å². The number of piperidine rings is 1. The second-order valence-electron chi connectivity index (χ2n) is 5.44. The highest BCUT2D eigenvalue weighted by atomic mass is 15.2. The minimum atomic E-state index is 1.16. The van der Waals surface area contributed by atoms with E-state index in [-0.39, 0.29) is 0 Å². The third kappa shape index (κ3) is 5.21. The Hall–Kier alpha value is -1.06. The molecule has 1 aromatic rings. The zero-order chi connectivity index (χ0) is 13.3. The first kappa shape index (κ1) is 14.4. The largest absolute Gasteiger partial charge is 0.372 e. The first-order valence-electron chi connectivity index (χ1n) is 7.55. The van der Waals surface area contributed by atoms with Gasteiger partial charge in [0.15, 0.2) is 0 Å². The van der Waals surface area contributed by atoms with Gasteiger partial charge in [-0.25, -0.2) is 0 Å². The van der Waals surface area contributed by atoms with Crippen LogP contribution in [-0.2, 0) is 0 Å². The summed E-state index contributed by atoms with van der Waals surface area (Å²) < 4.78 is 0. The van der Waals surface area contributed by atoms with Gasteiger partial charge < -0.3 is 15.1 Å². The molecule has 0 aromatic heterocycles. The topological polar surface area (TPSA) is 18.5 Å². The summed E-state index contributed by atoms with van der Waals surface area (Å²) in [7, 11) is 2.15. The third-order valence-electron chi connectivity index (χ3n) is 3.82. The molecule has 3 heteroatoms. The Labute approximate surface area is 117 Å². The summed E-state index contributed by atoms with van der Waals surface area (Å²) in [6, 6.07) is 10.7. The van der Waals surface area contributed by atoms with Gasteiger partial charge >= 0.3 is 0 Å². The molecule has 106 valence electrons. The van der Waals surface area contributed by atoms with Crippen LogP contribution in [0.25, 0.3) is 0 Å². The van der Waals surface area contributed by atoms with Crippen LogP contribution in [-0.4, -0.2) is 51.2 Å². The fraction of sp³-hybridized carbons (Fsp3) is 0.625. The monoisotopic (exact) mass is 261 g/mol. The second-order valence-corrected chi connectivity index (χ2v) is 5.44. The van der Waals surface area contributed by atoms with Crippen LogP contribution in [0, 0.1) is 0 Å². The molecule has 2 saturated heterocycles. The third-order valence-corrected chi connectivity index (χ3v) is 3.82. The lowest BCUT2D eigenvalue weighted by atomic mass is 10.1. The molecule has 0 spiro atoms. The molecule has 0 atom stereocenters. The van der Waals surface area contributed by atoms with E-state index in [4.69, 9.17) is 0 Å². The molecule has 19 heavy (non-hydrogen) atoms. The lowest BCUT2D eigenvalue weighted by Gasteiger charge is -2.28. The van der Waals surface area contributed by atoms with Crippen LogP contribution in [0.4, 0.5) is 5.69 Å². The van der Waals surface area contributed by atoms with E-state index in [9.17, 15) is 0 Å². The number of nitrogens with one attached hydrogen (secondary N) is 1. The van der Waals surface area contributed by atoms with Crippen molar-refractivity contribution in [3.8, 4) is 0 Å². The maximum atomic E-state index is 3.27. The van der Waals surface area contributed by atoms with E-state index in [1.54, 1.807) is 0 Å². The number of nitrogens with zero attached hydrogens (tertiary/aromatic N) is 2. The number of anilines is 1. The van der Waals surface area contributed by atoms with Crippen molar-refractivity contribution >= 4 is 5.69 Å². The summed E-state index contributed by atoms with van der Waals surface area (Å²) in [5.74, 6) is 0. The molecule has 2 fully saturated rings. The summed E-state index contributed by atoms with van der Waals surface area (Å²) in [5, 5.41) is 3.27. The molecule has 2 aliphatic rings. The van der Waals surface area contributed by atoms with Crippen molar-refractivity contribution in [1.82, 2.24) is 10.2 Å². The highest BCUT2D eigenvalue weighted by Gasteiger charge is 2.09. The molecule has 0 amide bonds. The molecule has 0 saturated carbocycles. The van der Waals surface area contributed by atoms with Crippen molar-refractivity contribution in [2.24, 2.45) is 0 Å². The van der Waals surface area contributed by atoms with Crippen LogP contribution >= 0.6 is 0 Å². The molecule has 2 aliphatic heterocycles. The average Bonchev–Trinajstić information content (AvgIpc) is 2.51. The number of hydrogen-bond donors (Lipinski definition) is 1. The molecular formula is C16H27N3. The van der Waals surface area contributed by atoms with Crippen molar-refractivity contribution < 1.29 is 0 Å². The first-order valence-corrected chi connectivity index (χ1v) is 7.55. The molecule has 0 radical (unpaired) electrons. The predicted molar refractivity (Wildman–Crippen MR) is 82.9 cm³/mol. The summed E-state index contributed by atoms with van der Waals surface area (Å²) >= 11 is 0. The first-order chi connectivity index (χ1) is 9.36. The molecule has 2 heterocycles. The van der Waals surface area contributed by atoms with Gasteiger partial charge in [0.2, 0.25) is 0 Å². The van der Waals surface area contributed by atoms with Crippen LogP contribution in [0.1, 0.15) is 19.3 Å². The Morgan fingerprint density at radius 2 is 1.47 bits per heavy atom. The van der Waals surface area contributed by atoms with Crippen molar-refractivity contribution in [3.63, 3.8) is 0 Å². The smallest absolute Gasteiger partial charge is 0.0366 e. The minimum absolute atomic E-state index is 1.16. The Bertz CT molecular complexity index is 327. The van der Waals surface area contributed by atoms with E-state index >= 15 is 0 Å². The zero-order valence-corrected chi connectivity index (χ0v) is 12.1. The number of benzene rings is 1. The van der Waals surface area contributed by atoms with E-state index in [2.05, 4.69) is 52.5 Å². The molecule has 1 N–H and O–H groups in total. The number of likely N-dealkylation sites (N-methyl/N-ethyl adjacent to an activating group) is 1. The summed E-state index contributed by atoms with van der Waals surface area (Å²) in [6.45, 7) is 7.22. The molecule has 1 aromatic carbocycles. The van der Waals surface area contributed by atoms with Gasteiger partial charge in [-0.05, 0) is 38.4 Å². The maximum Gasteiger partial charge on any atom is 0.0366 e. The maximum absolute atomic E-state index is 3.27. The SMILES string of the molecule is CN1CCNCC1.c1ccc(N2CCCCC2)cc1. The Morgan fingerprint density at radius 3 is 2.00 bits per heavy atom. The Kier molecular flexibility index (Phi) is 6.18. The van der Waals surface area contributed by atoms with Gasteiger partial charge in [-0.15, -0.1) is 0 Å². The van der Waals surface area contributed by atoms with Gasteiger partial charge in [-0.3, -0.25) is 0 Å². The Morgan fingerprint density at radius 1 is 0.842 bits per heavy atom. The number of piperazine rings is 1. The summed E-state index contributed by atoms with van der Waals surface area (Å²) in [6.07, 6.45) is 4.12. The van der Waals surface area contributed by atoms with Crippen LogP contribution in [0.15, 0.2) is 30.3 Å². The molecule has 3 rings (SSSR count). The predicted octanol–water partition coefficient (Wildman–Crippen LogP) is 2.20. The number of hydrogen-bond acceptors (Lipinski definition) is 3. The zero-order valence-electron chi connectivity index (χ0n) is 12.1. The summed E-state index contributed by atoms with van der Waals surface area (Å²) in [5.41, 5.74) is 1.39. The number of rotatable bonds is 1. The lowest BCUT2D eigenvalue weighted by Crippen LogP contribution is -2.40. The van der Waals surface area contributed by atoms with Gasteiger partial charge in [0.05, 0.1) is 0 Å². The second kappa shape index (κ2) is 8.18. The standard InChI is InChI=1S/C11H15N.C5H12N2/c1-3-7-11(8-4-1)12-9-5-2-6-10-12;1-7-4-2-6-3-5-7/h1,3-4,7-8H,2,5-6,9-10H2;6H,2-5H2,1H3. The van der Waals surface area contributed by atoms with Gasteiger partial charge in [0.25, 0.3) is 0 Å². The van der Waals surface area contributed by atoms with Gasteiger partial charge in [-0.1, -0.05) is 18.2 Å². The Balaban J connectivity index is 0.000000163. The highest BCUT2D eigenvalue weighted by Crippen LogP contribution is 2.18. The van der Waals surface area contributed by atoms with Crippen molar-refractivity contribution in [3.05, 3.63) is 30.3 Å². The minimum Gasteiger partial charge on any atom is -0.372 e. The van der Waals surface area contributed by atoms with Crippen molar-refractivity contribution in [2.45, 2.75) is 19.3 Å². The molecule has 0 unspecified atom stereocenters. The molecule has 0 aliphatic carbocycles. The molecular weight excluding hydrogens is 234 g/mol. The van der Waals surface area contributed by atoms with Crippen LogP contribution in [0.5, 0.6) is 0 Å². The fourth-order valence-electron chi connectivity index (χ4n) is 2.57. The van der Waals surface area contributed by atoms with E-state index in [1.807, 2.05) is 0 Å². The molecule has 3 nitrogen and oxygen atoms in total. The van der Waals surface area contributed by atoms with E-state index in [0.29, 0.717) is 0 Å². The average molecular weight is 261 g/mol. The quantitative estimate of drug-likeness (QED) is 0.836. The van der Waals surface area contributed by atoms with Crippen molar-refractivity contribution in [1.29, 1.82) is 0 Å². The van der Waals surface area contributed by atoms with E-state index < -0.39 is 0 Å². The van der Waals surface area contributed by atoms with Gasteiger partial charge in [0, 0.05) is 45.0 Å². The highest BCUT2D eigenvalue weighted by molar-refractivity contribution is 5.46. The van der Waals surface area contributed by atoms with Gasteiger partial charge in [0.1, 0.15) is 0 Å². The summed E-state index contributed by atoms with van der Waals surface area (Å²) in [4.78, 5) is 4.81.